The molecule has 0 aromatic carbocycles. The minimum atomic E-state index is 0.409. The molecule has 0 amide bonds. The summed E-state index contributed by atoms with van der Waals surface area (Å²) in [6, 6.07) is 1.76. The largest absolute Gasteiger partial charge is 0.312 e. The summed E-state index contributed by atoms with van der Waals surface area (Å²) < 4.78 is 1.66. The lowest BCUT2D eigenvalue weighted by molar-refractivity contribution is 0.111. The first kappa shape index (κ1) is 11.2. The predicted molar refractivity (Wildman–Crippen MR) is 67.1 cm³/mol. The van der Waals surface area contributed by atoms with Gasteiger partial charge in [0.2, 0.25) is 0 Å². The fourth-order valence-electron chi connectivity index (χ4n) is 1.54. The summed E-state index contributed by atoms with van der Waals surface area (Å²) in [7, 11) is 1.90. The van der Waals surface area contributed by atoms with Gasteiger partial charge in [0, 0.05) is 18.6 Å². The number of nitrogens with zero attached hydrogens (tertiary/aromatic N) is 2. The van der Waals surface area contributed by atoms with Crippen LogP contribution in [-0.4, -0.2) is 23.7 Å². The van der Waals surface area contributed by atoms with Gasteiger partial charge in [0.05, 0.1) is 21.4 Å². The van der Waals surface area contributed by atoms with Crippen molar-refractivity contribution in [3.63, 3.8) is 0 Å². The van der Waals surface area contributed by atoms with Crippen molar-refractivity contribution in [3.05, 3.63) is 40.4 Å². The molecule has 0 saturated carbocycles. The minimum Gasteiger partial charge on any atom is -0.312 e. The number of aldehydes is 1. The number of halogens is 2. The lowest BCUT2D eigenvalue weighted by Crippen LogP contribution is -2.01. The number of pyridine rings is 1. The van der Waals surface area contributed by atoms with E-state index in [9.17, 15) is 4.79 Å². The molecular weight excluding hydrogens is 246 g/mol. The van der Waals surface area contributed by atoms with Crippen LogP contribution >= 0.6 is 23.2 Å². The summed E-state index contributed by atoms with van der Waals surface area (Å²) >= 11 is 12.0. The lowest BCUT2D eigenvalue weighted by atomic mass is 10.0. The van der Waals surface area contributed by atoms with Crippen LogP contribution in [0, 0.1) is 0 Å². The van der Waals surface area contributed by atoms with Gasteiger partial charge in [-0.1, -0.05) is 28.7 Å². The zero-order valence-corrected chi connectivity index (χ0v) is 9.96. The molecule has 2 aromatic heterocycles. The Balaban J connectivity index is 2.71. The molecule has 0 aliphatic carbocycles. The van der Waals surface area contributed by atoms with Gasteiger partial charge in [-0.15, -0.1) is 0 Å². The third-order valence-corrected chi connectivity index (χ3v) is 2.73. The van der Waals surface area contributed by atoms with E-state index in [4.69, 9.17) is 23.2 Å². The molecule has 0 spiro atoms. The first-order chi connectivity index (χ1) is 7.63. The van der Waals surface area contributed by atoms with E-state index >= 15 is 0 Å². The second-order valence-corrected chi connectivity index (χ2v) is 4.20. The lowest BCUT2D eigenvalue weighted by Gasteiger charge is -2.09. The highest BCUT2D eigenvalue weighted by molar-refractivity contribution is 6.37. The third kappa shape index (κ3) is 1.86. The van der Waals surface area contributed by atoms with Crippen molar-refractivity contribution in [2.45, 2.75) is 0 Å². The molecule has 6 heteroatoms. The van der Waals surface area contributed by atoms with E-state index in [1.807, 2.05) is 7.85 Å². The van der Waals surface area contributed by atoms with Crippen LogP contribution in [0.2, 0.25) is 10.0 Å². The standard InChI is InChI=1S/C10H7BCl2N2O/c11-6-1-7(5-16)15(4-6)10-8(12)2-14-3-9(10)13/h1-5H,11H2. The van der Waals surface area contributed by atoms with E-state index < -0.39 is 0 Å². The summed E-state index contributed by atoms with van der Waals surface area (Å²) in [6.45, 7) is 0. The monoisotopic (exact) mass is 252 g/mol. The molecule has 16 heavy (non-hydrogen) atoms. The summed E-state index contributed by atoms with van der Waals surface area (Å²) in [6.07, 6.45) is 5.55. The number of carbonyl (C=O) groups is 1. The Kier molecular flexibility index (Phi) is 3.03. The van der Waals surface area contributed by atoms with Crippen molar-refractivity contribution in [3.8, 4) is 5.69 Å². The molecule has 0 atom stereocenters. The topological polar surface area (TPSA) is 34.9 Å². The van der Waals surface area contributed by atoms with E-state index in [1.54, 1.807) is 16.8 Å². The number of aromatic nitrogens is 2. The smallest absolute Gasteiger partial charge is 0.166 e. The van der Waals surface area contributed by atoms with Gasteiger partial charge in [-0.05, 0) is 6.07 Å². The van der Waals surface area contributed by atoms with Crippen molar-refractivity contribution in [1.29, 1.82) is 0 Å². The Morgan fingerprint density at radius 2 is 1.94 bits per heavy atom. The molecule has 0 aliphatic heterocycles. The molecule has 0 radical (unpaired) electrons. The van der Waals surface area contributed by atoms with Crippen molar-refractivity contribution >= 4 is 42.8 Å². The van der Waals surface area contributed by atoms with Gasteiger partial charge < -0.3 is 4.57 Å². The molecule has 3 nitrogen and oxygen atoms in total. The van der Waals surface area contributed by atoms with Crippen molar-refractivity contribution in [1.82, 2.24) is 9.55 Å². The van der Waals surface area contributed by atoms with Crippen molar-refractivity contribution in [2.24, 2.45) is 0 Å². The second-order valence-electron chi connectivity index (χ2n) is 3.38. The Morgan fingerprint density at radius 1 is 1.31 bits per heavy atom. The maximum absolute atomic E-state index is 10.9. The van der Waals surface area contributed by atoms with Gasteiger partial charge in [-0.2, -0.15) is 0 Å². The van der Waals surface area contributed by atoms with E-state index in [0.717, 1.165) is 11.7 Å². The Hall–Kier alpha value is -1.26. The molecule has 0 bridgehead atoms. The Morgan fingerprint density at radius 3 is 2.50 bits per heavy atom. The third-order valence-electron chi connectivity index (χ3n) is 2.18. The first-order valence-electron chi connectivity index (χ1n) is 4.57. The molecule has 2 rings (SSSR count). The van der Waals surface area contributed by atoms with E-state index in [2.05, 4.69) is 4.98 Å². The normalized spacial score (nSPS) is 10.4. The van der Waals surface area contributed by atoms with Crippen LogP contribution in [0.4, 0.5) is 0 Å². The van der Waals surface area contributed by atoms with Crippen LogP contribution in [0.25, 0.3) is 5.69 Å². The average molecular weight is 253 g/mol. The quantitative estimate of drug-likeness (QED) is 0.596. The highest BCUT2D eigenvalue weighted by Gasteiger charge is 2.12. The molecule has 0 unspecified atom stereocenters. The molecule has 2 heterocycles. The van der Waals surface area contributed by atoms with Gasteiger partial charge in [0.15, 0.2) is 6.29 Å². The summed E-state index contributed by atoms with van der Waals surface area (Å²) in [5.41, 5.74) is 2.05. The second kappa shape index (κ2) is 4.32. The highest BCUT2D eigenvalue weighted by Crippen LogP contribution is 2.27. The molecule has 0 aliphatic rings. The Bertz CT molecular complexity index is 533. The van der Waals surface area contributed by atoms with Crippen LogP contribution in [0.3, 0.4) is 0 Å². The van der Waals surface area contributed by atoms with Crippen LogP contribution in [-0.2, 0) is 0 Å². The molecule has 0 saturated heterocycles. The fourth-order valence-corrected chi connectivity index (χ4v) is 2.08. The summed E-state index contributed by atoms with van der Waals surface area (Å²) in [5, 5.41) is 0.817. The number of hydrogen-bond donors (Lipinski definition) is 0. The van der Waals surface area contributed by atoms with Crippen molar-refractivity contribution in [2.75, 3.05) is 0 Å². The van der Waals surface area contributed by atoms with Gasteiger partial charge in [-0.25, -0.2) is 0 Å². The van der Waals surface area contributed by atoms with E-state index in [-0.39, 0.29) is 0 Å². The van der Waals surface area contributed by atoms with Crippen molar-refractivity contribution < 1.29 is 4.79 Å². The molecule has 2 aromatic rings. The molecule has 80 valence electrons. The predicted octanol–water partition coefficient (Wildman–Crippen LogP) is 1.25. The number of hydrogen-bond acceptors (Lipinski definition) is 2. The fraction of sp³-hybridized carbons (Fsp3) is 0. The highest BCUT2D eigenvalue weighted by atomic mass is 35.5. The van der Waals surface area contributed by atoms with Crippen LogP contribution in [0.15, 0.2) is 24.7 Å². The maximum atomic E-state index is 10.9. The first-order valence-corrected chi connectivity index (χ1v) is 5.32. The number of rotatable bonds is 2. The van der Waals surface area contributed by atoms with E-state index in [0.29, 0.717) is 21.4 Å². The zero-order valence-electron chi connectivity index (χ0n) is 8.45. The summed E-state index contributed by atoms with van der Waals surface area (Å²) in [5.74, 6) is 0. The van der Waals surface area contributed by atoms with Crippen LogP contribution in [0.5, 0.6) is 0 Å². The molecular formula is C10H7BCl2N2O. The van der Waals surface area contributed by atoms with Gasteiger partial charge in [0.25, 0.3) is 0 Å². The van der Waals surface area contributed by atoms with Gasteiger partial charge >= 0.3 is 0 Å². The Labute approximate surface area is 103 Å². The average Bonchev–Trinajstić information content (AvgIpc) is 2.59. The minimum absolute atomic E-state index is 0.409. The SMILES string of the molecule is Bc1cc(C=O)n(-c2c(Cl)cncc2Cl)c1. The van der Waals surface area contributed by atoms with Gasteiger partial charge in [0.1, 0.15) is 7.85 Å². The maximum Gasteiger partial charge on any atom is 0.166 e. The molecule has 0 N–H and O–H groups in total. The van der Waals surface area contributed by atoms with Crippen LogP contribution in [0.1, 0.15) is 10.5 Å². The molecule has 0 fully saturated rings. The number of carbonyl (C=O) groups excluding carboxylic acids is 1. The van der Waals surface area contributed by atoms with Crippen LogP contribution < -0.4 is 5.46 Å². The zero-order chi connectivity index (χ0) is 11.7. The summed E-state index contributed by atoms with van der Waals surface area (Å²) in [4.78, 5) is 14.8. The van der Waals surface area contributed by atoms with E-state index in [1.165, 1.54) is 12.4 Å². The van der Waals surface area contributed by atoms with Gasteiger partial charge in [-0.3, -0.25) is 9.78 Å².